The molecule has 31 heavy (non-hydrogen) atoms. The van der Waals surface area contributed by atoms with Gasteiger partial charge in [-0.25, -0.2) is 9.48 Å². The molecule has 164 valence electrons. The van der Waals surface area contributed by atoms with Gasteiger partial charge in [0, 0.05) is 5.02 Å². The molecule has 4 unspecified atom stereocenters. The lowest BCUT2D eigenvalue weighted by Crippen LogP contribution is -2.44. The second-order valence-electron chi connectivity index (χ2n) is 7.31. The summed E-state index contributed by atoms with van der Waals surface area (Å²) in [5.41, 5.74) is -0.892. The molecule has 3 aromatic rings. The molecule has 0 radical (unpaired) electrons. The standard InChI is InChI=1S/C19H19ClFN5O5/c1-10-15(27)16(28)18(31-10)26-9-14(21)17(29)25(19(26)30)8-13-7-24(23-22-13)6-11-2-4-12(20)5-3-11/h2-5,7,9-10,15-16,18,27-28H,6,8H2,1H3. The van der Waals surface area contributed by atoms with Crippen molar-refractivity contribution in [3.63, 3.8) is 0 Å². The molecule has 1 aliphatic rings. The van der Waals surface area contributed by atoms with Gasteiger partial charge in [0.2, 0.25) is 5.82 Å². The summed E-state index contributed by atoms with van der Waals surface area (Å²) in [5, 5.41) is 28.5. The number of hydrogen-bond acceptors (Lipinski definition) is 7. The van der Waals surface area contributed by atoms with Gasteiger partial charge < -0.3 is 14.9 Å². The molecule has 0 bridgehead atoms. The van der Waals surface area contributed by atoms with E-state index in [0.717, 1.165) is 10.1 Å². The monoisotopic (exact) mass is 451 g/mol. The minimum absolute atomic E-state index is 0.256. The highest BCUT2D eigenvalue weighted by Gasteiger charge is 2.42. The number of aliphatic hydroxyl groups is 2. The van der Waals surface area contributed by atoms with Crippen LogP contribution in [0.15, 0.2) is 46.2 Å². The van der Waals surface area contributed by atoms with Crippen LogP contribution < -0.4 is 11.2 Å². The number of aliphatic hydroxyl groups excluding tert-OH is 2. The molecule has 4 rings (SSSR count). The number of benzene rings is 1. The summed E-state index contributed by atoms with van der Waals surface area (Å²) in [6, 6.07) is 7.12. The van der Waals surface area contributed by atoms with E-state index in [1.165, 1.54) is 17.8 Å². The minimum Gasteiger partial charge on any atom is -0.388 e. The van der Waals surface area contributed by atoms with E-state index in [9.17, 15) is 24.2 Å². The van der Waals surface area contributed by atoms with Crippen molar-refractivity contribution in [2.75, 3.05) is 0 Å². The molecule has 0 aliphatic carbocycles. The predicted octanol–water partition coefficient (Wildman–Crippen LogP) is 0.130. The third kappa shape index (κ3) is 4.17. The van der Waals surface area contributed by atoms with Gasteiger partial charge in [0.05, 0.1) is 31.6 Å². The van der Waals surface area contributed by atoms with Gasteiger partial charge in [-0.1, -0.05) is 28.9 Å². The Morgan fingerprint density at radius 2 is 1.84 bits per heavy atom. The maximum atomic E-state index is 14.3. The van der Waals surface area contributed by atoms with E-state index in [4.69, 9.17) is 16.3 Å². The van der Waals surface area contributed by atoms with Crippen LogP contribution in [-0.2, 0) is 17.8 Å². The lowest BCUT2D eigenvalue weighted by Gasteiger charge is -2.18. The fourth-order valence-corrected chi connectivity index (χ4v) is 3.52. The quantitative estimate of drug-likeness (QED) is 0.565. The third-order valence-corrected chi connectivity index (χ3v) is 5.32. The van der Waals surface area contributed by atoms with E-state index in [-0.39, 0.29) is 12.2 Å². The summed E-state index contributed by atoms with van der Waals surface area (Å²) in [6.07, 6.45) is -2.63. The molecule has 0 spiro atoms. The van der Waals surface area contributed by atoms with Gasteiger partial charge in [-0.15, -0.1) is 5.10 Å². The molecular formula is C19H19ClFN5O5. The van der Waals surface area contributed by atoms with E-state index < -0.39 is 41.6 Å². The van der Waals surface area contributed by atoms with Crippen LogP contribution in [0.25, 0.3) is 0 Å². The first-order valence-electron chi connectivity index (χ1n) is 9.41. The van der Waals surface area contributed by atoms with Crippen LogP contribution >= 0.6 is 11.6 Å². The van der Waals surface area contributed by atoms with Crippen LogP contribution in [0.1, 0.15) is 24.4 Å². The highest BCUT2D eigenvalue weighted by Crippen LogP contribution is 2.27. The Labute approximate surface area is 179 Å². The normalized spacial score (nSPS) is 23.4. The van der Waals surface area contributed by atoms with Crippen LogP contribution in [0.3, 0.4) is 0 Å². The van der Waals surface area contributed by atoms with Crippen LogP contribution in [0.4, 0.5) is 4.39 Å². The van der Waals surface area contributed by atoms with E-state index >= 15 is 0 Å². The van der Waals surface area contributed by atoms with Gasteiger partial charge in [0.15, 0.2) is 6.23 Å². The Morgan fingerprint density at radius 3 is 2.48 bits per heavy atom. The van der Waals surface area contributed by atoms with Gasteiger partial charge in [-0.3, -0.25) is 13.9 Å². The first kappa shape index (κ1) is 21.4. The fraction of sp³-hybridized carbons (Fsp3) is 0.368. The maximum Gasteiger partial charge on any atom is 0.333 e. The van der Waals surface area contributed by atoms with Crippen LogP contribution in [0.5, 0.6) is 0 Å². The molecule has 0 amide bonds. The zero-order chi connectivity index (χ0) is 22.3. The molecule has 1 aliphatic heterocycles. The summed E-state index contributed by atoms with van der Waals surface area (Å²) in [6.45, 7) is 1.55. The second-order valence-corrected chi connectivity index (χ2v) is 7.74. The fourth-order valence-electron chi connectivity index (χ4n) is 3.39. The first-order valence-corrected chi connectivity index (χ1v) is 9.79. The van der Waals surface area contributed by atoms with Crippen molar-refractivity contribution in [2.45, 2.75) is 44.6 Å². The zero-order valence-corrected chi connectivity index (χ0v) is 17.1. The molecule has 2 N–H and O–H groups in total. The first-order chi connectivity index (χ1) is 14.7. The summed E-state index contributed by atoms with van der Waals surface area (Å²) in [5.74, 6) is -1.21. The highest BCUT2D eigenvalue weighted by atomic mass is 35.5. The van der Waals surface area contributed by atoms with Gasteiger partial charge in [0.25, 0.3) is 5.56 Å². The summed E-state index contributed by atoms with van der Waals surface area (Å²) >= 11 is 5.87. The number of nitrogens with zero attached hydrogens (tertiary/aromatic N) is 5. The summed E-state index contributed by atoms with van der Waals surface area (Å²) in [4.78, 5) is 25.1. The van der Waals surface area contributed by atoms with Crippen LogP contribution in [0.2, 0.25) is 5.02 Å². The van der Waals surface area contributed by atoms with Gasteiger partial charge in [-0.2, -0.15) is 4.39 Å². The Kier molecular flexibility index (Phi) is 5.75. The Hall–Kier alpha value is -2.86. The average Bonchev–Trinajstić information content (AvgIpc) is 3.29. The molecular weight excluding hydrogens is 433 g/mol. The molecule has 4 atom stereocenters. The molecule has 2 aromatic heterocycles. The Balaban J connectivity index is 1.61. The summed E-state index contributed by atoms with van der Waals surface area (Å²) < 4.78 is 22.5. The van der Waals surface area contributed by atoms with Crippen molar-refractivity contribution in [3.8, 4) is 0 Å². The topological polar surface area (TPSA) is 124 Å². The number of ether oxygens (including phenoxy) is 1. The third-order valence-electron chi connectivity index (χ3n) is 5.07. The molecule has 1 fully saturated rings. The van der Waals surface area contributed by atoms with E-state index in [0.29, 0.717) is 22.3 Å². The van der Waals surface area contributed by atoms with Crippen LogP contribution in [0, 0.1) is 5.82 Å². The Bertz CT molecular complexity index is 1210. The highest BCUT2D eigenvalue weighted by molar-refractivity contribution is 6.30. The van der Waals surface area contributed by atoms with Gasteiger partial charge >= 0.3 is 5.69 Å². The number of hydrogen-bond donors (Lipinski definition) is 2. The molecule has 10 nitrogen and oxygen atoms in total. The van der Waals surface area contributed by atoms with Crippen molar-refractivity contribution in [3.05, 3.63) is 79.6 Å². The molecule has 3 heterocycles. The van der Waals surface area contributed by atoms with Crippen molar-refractivity contribution in [2.24, 2.45) is 0 Å². The smallest absolute Gasteiger partial charge is 0.333 e. The second kappa shape index (κ2) is 8.35. The van der Waals surface area contributed by atoms with Crippen molar-refractivity contribution in [1.82, 2.24) is 24.1 Å². The molecule has 1 aromatic carbocycles. The maximum absolute atomic E-state index is 14.3. The zero-order valence-electron chi connectivity index (χ0n) is 16.3. The average molecular weight is 452 g/mol. The Morgan fingerprint density at radius 1 is 1.13 bits per heavy atom. The van der Waals surface area contributed by atoms with E-state index in [1.807, 2.05) is 12.1 Å². The van der Waals surface area contributed by atoms with E-state index in [1.54, 1.807) is 12.1 Å². The van der Waals surface area contributed by atoms with Crippen molar-refractivity contribution in [1.29, 1.82) is 0 Å². The number of aromatic nitrogens is 5. The van der Waals surface area contributed by atoms with Gasteiger partial charge in [0.1, 0.15) is 17.9 Å². The molecule has 1 saturated heterocycles. The number of rotatable bonds is 5. The predicted molar refractivity (Wildman–Crippen MR) is 106 cm³/mol. The SMILES string of the molecule is CC1OC(n2cc(F)c(=O)n(Cc3cn(Cc4ccc(Cl)cc4)nn3)c2=O)C(O)C1O. The molecule has 12 heteroatoms. The van der Waals surface area contributed by atoms with Crippen molar-refractivity contribution >= 4 is 11.6 Å². The lowest BCUT2D eigenvalue weighted by molar-refractivity contribution is -0.0364. The van der Waals surface area contributed by atoms with E-state index in [2.05, 4.69) is 10.3 Å². The van der Waals surface area contributed by atoms with Crippen LogP contribution in [-0.4, -0.2) is 52.7 Å². The molecule has 0 saturated carbocycles. The summed E-state index contributed by atoms with van der Waals surface area (Å²) in [7, 11) is 0. The van der Waals surface area contributed by atoms with Crippen molar-refractivity contribution < 1.29 is 19.3 Å². The van der Waals surface area contributed by atoms with Gasteiger partial charge in [-0.05, 0) is 24.6 Å². The largest absolute Gasteiger partial charge is 0.388 e. The minimum atomic E-state index is -1.46. The number of halogens is 2. The lowest BCUT2D eigenvalue weighted by atomic mass is 10.1.